The van der Waals surface area contributed by atoms with Crippen LogP contribution in [0.25, 0.3) is 0 Å². The van der Waals surface area contributed by atoms with Gasteiger partial charge in [-0.15, -0.1) is 11.8 Å². The topological polar surface area (TPSA) is 0 Å². The van der Waals surface area contributed by atoms with E-state index in [9.17, 15) is 0 Å². The number of benzene rings is 1. The van der Waals surface area contributed by atoms with Gasteiger partial charge >= 0.3 is 0 Å². The molecule has 1 heteroatoms. The monoisotopic (exact) mass is 204 g/mol. The Bertz CT molecular complexity index is 350. The van der Waals surface area contributed by atoms with Crippen molar-refractivity contribution in [3.05, 3.63) is 41.5 Å². The zero-order valence-electron chi connectivity index (χ0n) is 8.79. The summed E-state index contributed by atoms with van der Waals surface area (Å²) in [6.45, 7) is 4.48. The molecule has 0 amide bonds. The van der Waals surface area contributed by atoms with Gasteiger partial charge in [-0.1, -0.05) is 32.1 Å². The molecule has 0 bridgehead atoms. The molecule has 0 saturated heterocycles. The number of thioether (sulfide) groups is 1. The fourth-order valence-corrected chi connectivity index (χ4v) is 2.66. The van der Waals surface area contributed by atoms with Crippen molar-refractivity contribution in [3.8, 4) is 0 Å². The molecule has 1 aromatic rings. The van der Waals surface area contributed by atoms with E-state index in [1.807, 2.05) is 11.8 Å². The van der Waals surface area contributed by atoms with Crippen LogP contribution in [0.15, 0.2) is 35.2 Å². The molecule has 0 aromatic heterocycles. The zero-order valence-corrected chi connectivity index (χ0v) is 9.60. The van der Waals surface area contributed by atoms with Crippen LogP contribution in [0, 0.1) is 0 Å². The first-order valence-corrected chi connectivity index (χ1v) is 6.07. The van der Waals surface area contributed by atoms with E-state index < -0.39 is 0 Å². The fourth-order valence-electron chi connectivity index (χ4n) is 1.76. The molecule has 1 aromatic carbocycles. The van der Waals surface area contributed by atoms with Gasteiger partial charge in [-0.25, -0.2) is 0 Å². The Morgan fingerprint density at radius 1 is 1.07 bits per heavy atom. The van der Waals surface area contributed by atoms with Gasteiger partial charge in [0.25, 0.3) is 0 Å². The molecule has 0 N–H and O–H groups in total. The van der Waals surface area contributed by atoms with Crippen LogP contribution >= 0.6 is 11.8 Å². The Hall–Kier alpha value is -0.690. The number of hydrogen-bond acceptors (Lipinski definition) is 1. The van der Waals surface area contributed by atoms with Gasteiger partial charge in [0, 0.05) is 10.1 Å². The lowest BCUT2D eigenvalue weighted by molar-refractivity contribution is 1.07. The summed E-state index contributed by atoms with van der Waals surface area (Å²) in [6.07, 6.45) is 6.76. The molecule has 0 saturated carbocycles. The van der Waals surface area contributed by atoms with Gasteiger partial charge in [-0.05, 0) is 36.1 Å². The summed E-state index contributed by atoms with van der Waals surface area (Å²) in [5.41, 5.74) is 3.01. The average molecular weight is 204 g/mol. The molecule has 2 rings (SSSR count). The van der Waals surface area contributed by atoms with Crippen molar-refractivity contribution in [2.75, 3.05) is 0 Å². The largest absolute Gasteiger partial charge is 0.123 e. The van der Waals surface area contributed by atoms with Gasteiger partial charge in [0.2, 0.25) is 0 Å². The third-order valence-corrected chi connectivity index (χ3v) is 3.39. The van der Waals surface area contributed by atoms with Crippen molar-refractivity contribution in [2.24, 2.45) is 0 Å². The summed E-state index contributed by atoms with van der Waals surface area (Å²) in [4.78, 5) is 1.41. The Morgan fingerprint density at radius 3 is 2.50 bits per heavy atom. The minimum absolute atomic E-state index is 0.673. The van der Waals surface area contributed by atoms with Crippen LogP contribution in [0.1, 0.15) is 25.0 Å². The average Bonchev–Trinajstić information content (AvgIpc) is 2.17. The molecular weight excluding hydrogens is 188 g/mol. The Labute approximate surface area is 90.4 Å². The molecule has 0 nitrogen and oxygen atoms in total. The molecule has 0 atom stereocenters. The maximum absolute atomic E-state index is 2.35. The lowest BCUT2D eigenvalue weighted by Gasteiger charge is -2.13. The van der Waals surface area contributed by atoms with E-state index in [1.165, 1.54) is 16.0 Å². The lowest BCUT2D eigenvalue weighted by Crippen LogP contribution is -1.97. The van der Waals surface area contributed by atoms with Crippen molar-refractivity contribution in [2.45, 2.75) is 36.8 Å². The third-order valence-electron chi connectivity index (χ3n) is 2.39. The van der Waals surface area contributed by atoms with E-state index in [1.54, 1.807) is 0 Å². The molecule has 0 radical (unpaired) electrons. The SMILES string of the molecule is CC(C)Sc1ccc2c(c1)CC=CC2. The predicted molar refractivity (Wildman–Crippen MR) is 64.0 cm³/mol. The summed E-state index contributed by atoms with van der Waals surface area (Å²) in [5.74, 6) is 0. The van der Waals surface area contributed by atoms with Crippen molar-refractivity contribution in [1.82, 2.24) is 0 Å². The molecule has 1 aliphatic rings. The van der Waals surface area contributed by atoms with Crippen LogP contribution in [-0.4, -0.2) is 5.25 Å². The molecule has 0 aliphatic heterocycles. The molecule has 14 heavy (non-hydrogen) atoms. The molecule has 0 fully saturated rings. The Balaban J connectivity index is 2.23. The minimum Gasteiger partial charge on any atom is -0.123 e. The summed E-state index contributed by atoms with van der Waals surface area (Å²) >= 11 is 1.95. The standard InChI is InChI=1S/C13H16S/c1-10(2)14-13-8-7-11-5-3-4-6-12(11)9-13/h3-4,7-10H,5-6H2,1-2H3. The molecule has 0 unspecified atom stereocenters. The number of fused-ring (bicyclic) bond motifs is 1. The van der Waals surface area contributed by atoms with Gasteiger partial charge in [0.15, 0.2) is 0 Å². The summed E-state index contributed by atoms with van der Waals surface area (Å²) in [6, 6.07) is 6.88. The van der Waals surface area contributed by atoms with E-state index in [-0.39, 0.29) is 0 Å². The minimum atomic E-state index is 0.673. The van der Waals surface area contributed by atoms with Gasteiger partial charge in [-0.3, -0.25) is 0 Å². The number of allylic oxidation sites excluding steroid dienone is 2. The molecular formula is C13H16S. The second kappa shape index (κ2) is 4.22. The van der Waals surface area contributed by atoms with Gasteiger partial charge in [-0.2, -0.15) is 0 Å². The van der Waals surface area contributed by atoms with Crippen LogP contribution < -0.4 is 0 Å². The van der Waals surface area contributed by atoms with E-state index in [4.69, 9.17) is 0 Å². The summed E-state index contributed by atoms with van der Waals surface area (Å²) in [7, 11) is 0. The van der Waals surface area contributed by atoms with Crippen LogP contribution in [0.3, 0.4) is 0 Å². The van der Waals surface area contributed by atoms with Gasteiger partial charge in [0.05, 0.1) is 0 Å². The van der Waals surface area contributed by atoms with E-state index in [0.717, 1.165) is 12.8 Å². The first kappa shape index (κ1) is 9.85. The van der Waals surface area contributed by atoms with Crippen LogP contribution in [0.4, 0.5) is 0 Å². The first-order chi connectivity index (χ1) is 6.75. The highest BCUT2D eigenvalue weighted by Crippen LogP contribution is 2.27. The molecule has 74 valence electrons. The summed E-state index contributed by atoms with van der Waals surface area (Å²) in [5, 5.41) is 0.673. The van der Waals surface area contributed by atoms with Crippen LogP contribution in [0.5, 0.6) is 0 Å². The molecule has 0 spiro atoms. The first-order valence-electron chi connectivity index (χ1n) is 5.19. The Kier molecular flexibility index (Phi) is 2.97. The van der Waals surface area contributed by atoms with Gasteiger partial charge < -0.3 is 0 Å². The predicted octanol–water partition coefficient (Wildman–Crippen LogP) is 3.84. The maximum atomic E-state index is 2.35. The highest BCUT2D eigenvalue weighted by Gasteiger charge is 2.06. The highest BCUT2D eigenvalue weighted by atomic mass is 32.2. The van der Waals surface area contributed by atoms with Crippen LogP contribution in [0.2, 0.25) is 0 Å². The fraction of sp³-hybridized carbons (Fsp3) is 0.385. The quantitative estimate of drug-likeness (QED) is 0.521. The summed E-state index contributed by atoms with van der Waals surface area (Å²) < 4.78 is 0. The smallest absolute Gasteiger partial charge is 0.00776 e. The zero-order chi connectivity index (χ0) is 9.97. The van der Waals surface area contributed by atoms with E-state index in [0.29, 0.717) is 5.25 Å². The Morgan fingerprint density at radius 2 is 1.79 bits per heavy atom. The third kappa shape index (κ3) is 2.21. The van der Waals surface area contributed by atoms with Crippen molar-refractivity contribution in [3.63, 3.8) is 0 Å². The van der Waals surface area contributed by atoms with Crippen LogP contribution in [-0.2, 0) is 12.8 Å². The van der Waals surface area contributed by atoms with Crippen molar-refractivity contribution in [1.29, 1.82) is 0 Å². The second-order valence-electron chi connectivity index (χ2n) is 3.98. The normalized spacial score (nSPS) is 14.5. The van der Waals surface area contributed by atoms with Gasteiger partial charge in [0.1, 0.15) is 0 Å². The maximum Gasteiger partial charge on any atom is 0.00776 e. The molecule has 0 heterocycles. The number of rotatable bonds is 2. The van der Waals surface area contributed by atoms with E-state index >= 15 is 0 Å². The lowest BCUT2D eigenvalue weighted by atomic mass is 9.97. The van der Waals surface area contributed by atoms with E-state index in [2.05, 4.69) is 44.2 Å². The van der Waals surface area contributed by atoms with Crippen molar-refractivity contribution < 1.29 is 0 Å². The molecule has 1 aliphatic carbocycles. The van der Waals surface area contributed by atoms with Crippen molar-refractivity contribution >= 4 is 11.8 Å². The number of hydrogen-bond donors (Lipinski definition) is 0. The highest BCUT2D eigenvalue weighted by molar-refractivity contribution is 7.99. The second-order valence-corrected chi connectivity index (χ2v) is 5.63.